The van der Waals surface area contributed by atoms with Crippen molar-refractivity contribution in [1.29, 1.82) is 0 Å². The van der Waals surface area contributed by atoms with E-state index in [0.29, 0.717) is 29.0 Å². The normalized spacial score (nSPS) is 33.6. The van der Waals surface area contributed by atoms with Gasteiger partial charge >= 0.3 is 0 Å². The number of hydrogen-bond donors (Lipinski definition) is 1. The van der Waals surface area contributed by atoms with Gasteiger partial charge in [-0.3, -0.25) is 4.90 Å². The Morgan fingerprint density at radius 2 is 1.69 bits per heavy atom. The third-order valence-corrected chi connectivity index (χ3v) is 5.37. The first kappa shape index (κ1) is 12.4. The second-order valence-electron chi connectivity index (χ2n) is 7.12. The topological polar surface area (TPSA) is 15.3 Å². The van der Waals surface area contributed by atoms with Crippen molar-refractivity contribution in [2.45, 2.75) is 66.1 Å². The number of likely N-dealkylation sites (tertiary alicyclic amines) is 1. The van der Waals surface area contributed by atoms with Crippen LogP contribution in [0.4, 0.5) is 0 Å². The highest BCUT2D eigenvalue weighted by atomic mass is 15.2. The van der Waals surface area contributed by atoms with Crippen LogP contribution >= 0.6 is 0 Å². The molecule has 0 aromatic rings. The second-order valence-corrected chi connectivity index (χ2v) is 7.12. The fourth-order valence-electron chi connectivity index (χ4n) is 3.24. The molecule has 2 rings (SSSR count). The van der Waals surface area contributed by atoms with Crippen LogP contribution in [0, 0.1) is 10.8 Å². The summed E-state index contributed by atoms with van der Waals surface area (Å²) < 4.78 is 0. The maximum Gasteiger partial charge on any atom is 0.0210 e. The van der Waals surface area contributed by atoms with E-state index in [1.807, 2.05) is 0 Å². The summed E-state index contributed by atoms with van der Waals surface area (Å²) in [5.74, 6) is 0. The Morgan fingerprint density at radius 3 is 2.06 bits per heavy atom. The Kier molecular flexibility index (Phi) is 2.87. The van der Waals surface area contributed by atoms with Crippen LogP contribution in [0.3, 0.4) is 0 Å². The molecule has 1 atom stereocenters. The lowest BCUT2D eigenvalue weighted by atomic mass is 10.0. The van der Waals surface area contributed by atoms with E-state index in [2.05, 4.69) is 51.8 Å². The molecule has 1 heterocycles. The molecule has 1 saturated heterocycles. The average molecular weight is 224 g/mol. The summed E-state index contributed by atoms with van der Waals surface area (Å²) in [6, 6.07) is 2.12. The molecule has 1 unspecified atom stereocenters. The maximum atomic E-state index is 3.88. The minimum Gasteiger partial charge on any atom is -0.309 e. The zero-order valence-electron chi connectivity index (χ0n) is 11.8. The summed E-state index contributed by atoms with van der Waals surface area (Å²) in [7, 11) is 0. The molecule has 0 bridgehead atoms. The smallest absolute Gasteiger partial charge is 0.0210 e. The molecule has 1 aliphatic carbocycles. The van der Waals surface area contributed by atoms with Gasteiger partial charge in [0.1, 0.15) is 0 Å². The quantitative estimate of drug-likeness (QED) is 0.792. The van der Waals surface area contributed by atoms with Gasteiger partial charge in [0, 0.05) is 24.7 Å². The monoisotopic (exact) mass is 224 g/mol. The first-order chi connectivity index (χ1) is 7.26. The zero-order chi connectivity index (χ0) is 12.1. The van der Waals surface area contributed by atoms with Crippen molar-refractivity contribution in [3.63, 3.8) is 0 Å². The molecule has 0 spiro atoms. The van der Waals surface area contributed by atoms with Crippen molar-refractivity contribution in [2.75, 3.05) is 13.1 Å². The summed E-state index contributed by atoms with van der Waals surface area (Å²) >= 11 is 0. The van der Waals surface area contributed by atoms with Crippen molar-refractivity contribution in [1.82, 2.24) is 10.2 Å². The Morgan fingerprint density at radius 1 is 1.12 bits per heavy atom. The third kappa shape index (κ3) is 1.80. The summed E-state index contributed by atoms with van der Waals surface area (Å²) in [6.45, 7) is 16.7. The number of nitrogens with zero attached hydrogens (tertiary/aromatic N) is 1. The number of nitrogens with one attached hydrogen (secondary N) is 1. The highest BCUT2D eigenvalue weighted by Crippen LogP contribution is 2.62. The maximum absolute atomic E-state index is 3.88. The largest absolute Gasteiger partial charge is 0.309 e. The SMILES string of the molecule is CC(C)N1CCC(NC2C(C)(C)C2(C)C)C1. The summed E-state index contributed by atoms with van der Waals surface area (Å²) in [4.78, 5) is 2.58. The third-order valence-electron chi connectivity index (χ3n) is 5.37. The van der Waals surface area contributed by atoms with E-state index in [1.54, 1.807) is 0 Å². The van der Waals surface area contributed by atoms with Gasteiger partial charge in [0.15, 0.2) is 0 Å². The molecule has 2 heteroatoms. The molecular weight excluding hydrogens is 196 g/mol. The zero-order valence-corrected chi connectivity index (χ0v) is 11.8. The highest BCUT2D eigenvalue weighted by molar-refractivity contribution is 5.18. The van der Waals surface area contributed by atoms with Crippen molar-refractivity contribution in [3.05, 3.63) is 0 Å². The molecule has 2 aliphatic rings. The summed E-state index contributed by atoms with van der Waals surface area (Å²) in [5, 5.41) is 3.88. The van der Waals surface area contributed by atoms with Crippen LogP contribution in [0.5, 0.6) is 0 Å². The second kappa shape index (κ2) is 3.71. The van der Waals surface area contributed by atoms with Gasteiger partial charge in [-0.1, -0.05) is 27.7 Å². The summed E-state index contributed by atoms with van der Waals surface area (Å²) in [5.41, 5.74) is 0.941. The summed E-state index contributed by atoms with van der Waals surface area (Å²) in [6.07, 6.45) is 1.32. The molecule has 1 aliphatic heterocycles. The minimum atomic E-state index is 0.470. The van der Waals surface area contributed by atoms with Gasteiger partial charge in [0.05, 0.1) is 0 Å². The van der Waals surface area contributed by atoms with E-state index < -0.39 is 0 Å². The lowest BCUT2D eigenvalue weighted by Crippen LogP contribution is -2.38. The van der Waals surface area contributed by atoms with Crippen molar-refractivity contribution in [2.24, 2.45) is 10.8 Å². The van der Waals surface area contributed by atoms with Gasteiger partial charge in [-0.15, -0.1) is 0 Å². The van der Waals surface area contributed by atoms with Gasteiger partial charge in [-0.05, 0) is 37.6 Å². The Bertz CT molecular complexity index is 254. The minimum absolute atomic E-state index is 0.470. The molecule has 2 fully saturated rings. The first-order valence-electron chi connectivity index (χ1n) is 6.77. The van der Waals surface area contributed by atoms with Crippen LogP contribution in [0.1, 0.15) is 48.0 Å². The van der Waals surface area contributed by atoms with Gasteiger partial charge < -0.3 is 5.32 Å². The van der Waals surface area contributed by atoms with E-state index >= 15 is 0 Å². The predicted molar refractivity (Wildman–Crippen MR) is 69.6 cm³/mol. The fourth-order valence-corrected chi connectivity index (χ4v) is 3.24. The molecule has 0 aromatic heterocycles. The number of hydrogen-bond acceptors (Lipinski definition) is 2. The molecule has 94 valence electrons. The van der Waals surface area contributed by atoms with Crippen molar-refractivity contribution in [3.8, 4) is 0 Å². The molecule has 16 heavy (non-hydrogen) atoms. The van der Waals surface area contributed by atoms with Crippen LogP contribution in [-0.2, 0) is 0 Å². The van der Waals surface area contributed by atoms with E-state index in [-0.39, 0.29) is 0 Å². The molecule has 0 aromatic carbocycles. The van der Waals surface area contributed by atoms with E-state index in [9.17, 15) is 0 Å². The van der Waals surface area contributed by atoms with Crippen LogP contribution in [0.15, 0.2) is 0 Å². The standard InChI is InChI=1S/C14H28N2/c1-10(2)16-8-7-11(9-16)15-12-13(3,4)14(12,5)6/h10-12,15H,7-9H2,1-6H3. The van der Waals surface area contributed by atoms with Crippen LogP contribution in [0.25, 0.3) is 0 Å². The Labute approximate surface area is 101 Å². The van der Waals surface area contributed by atoms with Gasteiger partial charge in [-0.2, -0.15) is 0 Å². The van der Waals surface area contributed by atoms with Gasteiger partial charge in [-0.25, -0.2) is 0 Å². The number of rotatable bonds is 3. The Hall–Kier alpha value is -0.0800. The molecule has 1 saturated carbocycles. The molecular formula is C14H28N2. The highest BCUT2D eigenvalue weighted by Gasteiger charge is 2.65. The molecule has 1 N–H and O–H groups in total. The molecule has 0 radical (unpaired) electrons. The van der Waals surface area contributed by atoms with E-state index in [4.69, 9.17) is 0 Å². The van der Waals surface area contributed by atoms with E-state index in [0.717, 1.165) is 0 Å². The van der Waals surface area contributed by atoms with Crippen LogP contribution in [0.2, 0.25) is 0 Å². The van der Waals surface area contributed by atoms with Crippen LogP contribution < -0.4 is 5.32 Å². The van der Waals surface area contributed by atoms with Gasteiger partial charge in [0.25, 0.3) is 0 Å². The van der Waals surface area contributed by atoms with Crippen molar-refractivity contribution >= 4 is 0 Å². The first-order valence-corrected chi connectivity index (χ1v) is 6.77. The predicted octanol–water partition coefficient (Wildman–Crippen LogP) is 2.49. The average Bonchev–Trinajstić information content (AvgIpc) is 2.60. The molecule has 0 amide bonds. The fraction of sp³-hybridized carbons (Fsp3) is 1.00. The van der Waals surface area contributed by atoms with Crippen molar-refractivity contribution < 1.29 is 0 Å². The van der Waals surface area contributed by atoms with E-state index in [1.165, 1.54) is 19.5 Å². The lowest BCUT2D eigenvalue weighted by molar-refractivity contribution is 0.266. The Balaban J connectivity index is 1.86. The van der Waals surface area contributed by atoms with Gasteiger partial charge in [0.2, 0.25) is 0 Å². The lowest BCUT2D eigenvalue weighted by Gasteiger charge is -2.21. The van der Waals surface area contributed by atoms with Crippen LogP contribution in [-0.4, -0.2) is 36.1 Å². The molecule has 2 nitrogen and oxygen atoms in total.